The smallest absolute Gasteiger partial charge is 0.372 e. The average molecular weight is 489 g/mol. The van der Waals surface area contributed by atoms with Crippen LogP contribution in [0.1, 0.15) is 30.9 Å². The number of anilines is 2. The van der Waals surface area contributed by atoms with E-state index in [1.54, 1.807) is 12.3 Å². The highest BCUT2D eigenvalue weighted by Crippen LogP contribution is 2.36. The number of hydrogen-bond acceptors (Lipinski definition) is 5. The number of benzene rings is 1. The number of carbonyl (C=O) groups is 1. The van der Waals surface area contributed by atoms with Gasteiger partial charge in [0.1, 0.15) is 0 Å². The van der Waals surface area contributed by atoms with Crippen molar-refractivity contribution >= 4 is 17.5 Å². The zero-order chi connectivity index (χ0) is 24.7. The number of amides is 1. The van der Waals surface area contributed by atoms with Crippen molar-refractivity contribution in [3.8, 4) is 0 Å². The van der Waals surface area contributed by atoms with Crippen molar-refractivity contribution in [2.75, 3.05) is 49.5 Å². The van der Waals surface area contributed by atoms with E-state index in [1.165, 1.54) is 16.8 Å². The van der Waals surface area contributed by atoms with Crippen molar-refractivity contribution in [1.82, 2.24) is 19.6 Å². The Morgan fingerprint density at radius 3 is 2.43 bits per heavy atom. The number of allylic oxidation sites excluding steroid dienone is 1. The lowest BCUT2D eigenvalue weighted by molar-refractivity contribution is -0.137. The van der Waals surface area contributed by atoms with E-state index in [9.17, 15) is 18.0 Å². The summed E-state index contributed by atoms with van der Waals surface area (Å²) in [5, 5.41) is 7.27. The van der Waals surface area contributed by atoms with Gasteiger partial charge in [-0.15, -0.1) is 5.10 Å². The Balaban J connectivity index is 1.22. The molecule has 3 fully saturated rings. The van der Waals surface area contributed by atoms with Crippen LogP contribution >= 0.6 is 0 Å². The van der Waals surface area contributed by atoms with Gasteiger partial charge in [-0.3, -0.25) is 4.90 Å². The quantitative estimate of drug-likeness (QED) is 0.673. The molecule has 3 aliphatic rings. The van der Waals surface area contributed by atoms with Gasteiger partial charge in [-0.2, -0.15) is 17.9 Å². The minimum Gasteiger partial charge on any atom is -0.372 e. The number of likely N-dealkylation sites (tertiary alicyclic amines) is 2. The lowest BCUT2D eigenvalue weighted by atomic mass is 10.0. The number of aromatic nitrogens is 2. The maximum Gasteiger partial charge on any atom is 0.416 e. The first-order valence-electron chi connectivity index (χ1n) is 12.1. The summed E-state index contributed by atoms with van der Waals surface area (Å²) in [4.78, 5) is 19.0. The molecule has 0 aliphatic carbocycles. The van der Waals surface area contributed by atoms with E-state index < -0.39 is 11.7 Å². The molecule has 0 spiro atoms. The largest absolute Gasteiger partial charge is 0.416 e. The number of halogens is 3. The molecule has 3 saturated heterocycles. The SMILES string of the molecule is C=C(C)Nc1ccn(C(=O)N2CC3CN(Cc4cc(N5CCCC5)cc(C(F)(F)F)c4)CC3C2)n1. The Hall–Kier alpha value is -3.01. The monoisotopic (exact) mass is 488 g/mol. The third-order valence-corrected chi connectivity index (χ3v) is 7.14. The van der Waals surface area contributed by atoms with Crippen molar-refractivity contribution in [2.24, 2.45) is 11.8 Å². The average Bonchev–Trinajstić information content (AvgIpc) is 3.56. The molecule has 3 aliphatic heterocycles. The van der Waals surface area contributed by atoms with Gasteiger partial charge >= 0.3 is 12.2 Å². The van der Waals surface area contributed by atoms with Crippen LogP contribution in [0.25, 0.3) is 0 Å². The molecular weight excluding hydrogens is 457 g/mol. The van der Waals surface area contributed by atoms with Crippen LogP contribution in [0, 0.1) is 11.8 Å². The summed E-state index contributed by atoms with van der Waals surface area (Å²) in [6, 6.07) is 6.06. The van der Waals surface area contributed by atoms with Gasteiger partial charge in [0.05, 0.1) is 5.56 Å². The van der Waals surface area contributed by atoms with Crippen LogP contribution in [0.15, 0.2) is 42.7 Å². The molecule has 2 atom stereocenters. The van der Waals surface area contributed by atoms with Crippen LogP contribution < -0.4 is 10.2 Å². The first-order chi connectivity index (χ1) is 16.7. The van der Waals surface area contributed by atoms with E-state index in [2.05, 4.69) is 21.9 Å². The second-order valence-electron chi connectivity index (χ2n) is 10.0. The van der Waals surface area contributed by atoms with E-state index in [0.717, 1.165) is 44.7 Å². The number of nitrogens with one attached hydrogen (secondary N) is 1. The molecule has 0 radical (unpaired) electrons. The summed E-state index contributed by atoms with van der Waals surface area (Å²) in [5.41, 5.74) is 1.53. The number of rotatable bonds is 5. The summed E-state index contributed by atoms with van der Waals surface area (Å²) in [7, 11) is 0. The molecule has 0 bridgehead atoms. The number of hydrogen-bond donors (Lipinski definition) is 1. The predicted octanol–water partition coefficient (Wildman–Crippen LogP) is 4.48. The Kier molecular flexibility index (Phi) is 6.25. The standard InChI is InChI=1S/C25H31F3N6O/c1-17(2)29-23-5-8-34(30-23)24(35)33-15-19-13-31(14-20(19)16-33)12-18-9-21(25(26,27)28)11-22(10-18)32-6-3-4-7-32/h5,8-11,19-20H,1,3-4,6-7,12-16H2,2H3,(H,29,30). The van der Waals surface area contributed by atoms with E-state index in [4.69, 9.17) is 0 Å². The number of carbonyl (C=O) groups excluding carboxylic acids is 1. The molecule has 1 aromatic heterocycles. The number of alkyl halides is 3. The molecule has 0 saturated carbocycles. The minimum atomic E-state index is -4.36. The van der Waals surface area contributed by atoms with Gasteiger partial charge in [-0.05, 0) is 55.4 Å². The Morgan fingerprint density at radius 2 is 1.80 bits per heavy atom. The van der Waals surface area contributed by atoms with Crippen molar-refractivity contribution in [1.29, 1.82) is 0 Å². The molecule has 1 N–H and O–H groups in total. The lowest BCUT2D eigenvalue weighted by Gasteiger charge is -2.24. The molecule has 188 valence electrons. The molecule has 1 aromatic carbocycles. The Labute approximate surface area is 203 Å². The summed E-state index contributed by atoms with van der Waals surface area (Å²) in [5.74, 6) is 1.20. The molecule has 2 aromatic rings. The fourth-order valence-electron chi connectivity index (χ4n) is 5.58. The summed E-state index contributed by atoms with van der Waals surface area (Å²) in [6.45, 7) is 10.5. The van der Waals surface area contributed by atoms with Gasteiger partial charge in [0.15, 0.2) is 5.82 Å². The maximum atomic E-state index is 13.6. The fourth-order valence-corrected chi connectivity index (χ4v) is 5.58. The highest BCUT2D eigenvalue weighted by atomic mass is 19.4. The predicted molar refractivity (Wildman–Crippen MR) is 128 cm³/mol. The van der Waals surface area contributed by atoms with Gasteiger partial charge in [0.25, 0.3) is 0 Å². The second-order valence-corrected chi connectivity index (χ2v) is 10.0. The van der Waals surface area contributed by atoms with Crippen LogP contribution in [0.4, 0.5) is 29.5 Å². The summed E-state index contributed by atoms with van der Waals surface area (Å²) in [6.07, 6.45) is -0.695. The fraction of sp³-hybridized carbons (Fsp3) is 0.520. The molecular formula is C25H31F3N6O. The summed E-state index contributed by atoms with van der Waals surface area (Å²) >= 11 is 0. The van der Waals surface area contributed by atoms with Gasteiger partial charge in [-0.1, -0.05) is 6.58 Å². The first-order valence-corrected chi connectivity index (χ1v) is 12.1. The molecule has 35 heavy (non-hydrogen) atoms. The zero-order valence-corrected chi connectivity index (χ0v) is 19.9. The lowest BCUT2D eigenvalue weighted by Crippen LogP contribution is -2.36. The van der Waals surface area contributed by atoms with Crippen molar-refractivity contribution in [2.45, 2.75) is 32.5 Å². The van der Waals surface area contributed by atoms with Gasteiger partial charge < -0.3 is 15.1 Å². The zero-order valence-electron chi connectivity index (χ0n) is 19.9. The van der Waals surface area contributed by atoms with Crippen LogP contribution in [0.3, 0.4) is 0 Å². The maximum absolute atomic E-state index is 13.6. The van der Waals surface area contributed by atoms with Crippen molar-refractivity contribution in [3.05, 3.63) is 53.9 Å². The van der Waals surface area contributed by atoms with Crippen molar-refractivity contribution in [3.63, 3.8) is 0 Å². The Morgan fingerprint density at radius 1 is 1.11 bits per heavy atom. The van der Waals surface area contributed by atoms with Crippen LogP contribution in [0.5, 0.6) is 0 Å². The normalized spacial score (nSPS) is 22.6. The van der Waals surface area contributed by atoms with Crippen LogP contribution in [-0.2, 0) is 12.7 Å². The highest BCUT2D eigenvalue weighted by molar-refractivity contribution is 5.76. The molecule has 2 unspecified atom stereocenters. The molecule has 5 rings (SSSR count). The first kappa shape index (κ1) is 23.7. The highest BCUT2D eigenvalue weighted by Gasteiger charge is 2.42. The van der Waals surface area contributed by atoms with E-state index >= 15 is 0 Å². The molecule has 1 amide bonds. The topological polar surface area (TPSA) is 56.6 Å². The molecule has 10 heteroatoms. The van der Waals surface area contributed by atoms with Gasteiger partial charge in [-0.25, -0.2) is 4.79 Å². The number of nitrogens with zero attached hydrogens (tertiary/aromatic N) is 5. The van der Waals surface area contributed by atoms with Crippen molar-refractivity contribution < 1.29 is 18.0 Å². The third kappa shape index (κ3) is 5.17. The van der Waals surface area contributed by atoms with E-state index in [1.807, 2.05) is 22.8 Å². The Bertz CT molecular complexity index is 1090. The minimum absolute atomic E-state index is 0.158. The molecule has 4 heterocycles. The van der Waals surface area contributed by atoms with Gasteiger partial charge in [0, 0.05) is 69.5 Å². The number of fused-ring (bicyclic) bond motifs is 1. The summed E-state index contributed by atoms with van der Waals surface area (Å²) < 4.78 is 42.1. The van der Waals surface area contributed by atoms with E-state index in [0.29, 0.717) is 48.5 Å². The third-order valence-electron chi connectivity index (χ3n) is 7.14. The van der Waals surface area contributed by atoms with Gasteiger partial charge in [0.2, 0.25) is 0 Å². The van der Waals surface area contributed by atoms with Crippen LogP contribution in [-0.4, -0.2) is 64.9 Å². The van der Waals surface area contributed by atoms with Crippen LogP contribution in [0.2, 0.25) is 0 Å². The van der Waals surface area contributed by atoms with E-state index in [-0.39, 0.29) is 6.03 Å². The second kappa shape index (κ2) is 9.22. The molecule has 7 nitrogen and oxygen atoms in total.